The highest BCUT2D eigenvalue weighted by molar-refractivity contribution is 14.0. The number of aryl methyl sites for hydroxylation is 2. The number of halogens is 3. The Kier molecular flexibility index (Phi) is 9.71. The topological polar surface area (TPSA) is 79.7 Å². The molecular formula is C21H30Cl2IN5O. The van der Waals surface area contributed by atoms with Crippen LogP contribution in [-0.2, 0) is 6.54 Å². The van der Waals surface area contributed by atoms with Gasteiger partial charge in [-0.05, 0) is 70.3 Å². The van der Waals surface area contributed by atoms with Crippen molar-refractivity contribution in [3.05, 3.63) is 51.2 Å². The summed E-state index contributed by atoms with van der Waals surface area (Å²) in [7, 11) is 0. The lowest BCUT2D eigenvalue weighted by molar-refractivity contribution is 0.166. The minimum atomic E-state index is -0.0435. The summed E-state index contributed by atoms with van der Waals surface area (Å²) in [5.41, 5.74) is 8.01. The second-order valence-corrected chi connectivity index (χ2v) is 8.57. The molecule has 0 bridgehead atoms. The molecule has 1 fully saturated rings. The third-order valence-corrected chi connectivity index (χ3v) is 6.01. The molecule has 0 amide bonds. The number of likely N-dealkylation sites (tertiary alicyclic amines) is 1. The number of aromatic nitrogens is 1. The van der Waals surface area contributed by atoms with Crippen LogP contribution in [0.2, 0.25) is 10.0 Å². The van der Waals surface area contributed by atoms with Gasteiger partial charge in [0.15, 0.2) is 5.96 Å². The van der Waals surface area contributed by atoms with E-state index in [4.69, 9.17) is 33.4 Å². The van der Waals surface area contributed by atoms with Crippen molar-refractivity contribution >= 4 is 53.1 Å². The van der Waals surface area contributed by atoms with Crippen LogP contribution < -0.4 is 11.1 Å². The van der Waals surface area contributed by atoms with Gasteiger partial charge in [0.1, 0.15) is 5.76 Å². The van der Waals surface area contributed by atoms with Crippen molar-refractivity contribution in [2.24, 2.45) is 16.6 Å². The normalized spacial score (nSPS) is 16.9. The number of piperidine rings is 1. The van der Waals surface area contributed by atoms with Crippen molar-refractivity contribution in [1.29, 1.82) is 0 Å². The number of rotatable bonds is 6. The lowest BCUT2D eigenvalue weighted by atomic mass is 9.97. The first kappa shape index (κ1) is 25.2. The number of nitrogens with zero attached hydrogens (tertiary/aromatic N) is 3. The van der Waals surface area contributed by atoms with E-state index in [1.54, 1.807) is 6.07 Å². The Labute approximate surface area is 205 Å². The number of guanidine groups is 1. The van der Waals surface area contributed by atoms with Gasteiger partial charge in [-0.15, -0.1) is 24.0 Å². The van der Waals surface area contributed by atoms with Gasteiger partial charge in [-0.3, -0.25) is 9.89 Å². The zero-order chi connectivity index (χ0) is 21.0. The summed E-state index contributed by atoms with van der Waals surface area (Å²) in [5.74, 6) is 2.69. The average Bonchev–Trinajstić information content (AvgIpc) is 2.98. The van der Waals surface area contributed by atoms with Crippen molar-refractivity contribution in [2.45, 2.75) is 46.2 Å². The van der Waals surface area contributed by atoms with E-state index in [9.17, 15) is 0 Å². The molecule has 1 aliphatic heterocycles. The molecule has 30 heavy (non-hydrogen) atoms. The predicted molar refractivity (Wildman–Crippen MR) is 134 cm³/mol. The van der Waals surface area contributed by atoms with Gasteiger partial charge in [-0.2, -0.15) is 0 Å². The third kappa shape index (κ3) is 7.00. The van der Waals surface area contributed by atoms with E-state index in [2.05, 4.69) is 20.2 Å². The SMILES string of the molecule is Cc1nc(CN2CCC(CN=C(N)NC(C)c3ccc(Cl)cc3Cl)CC2)oc1C.I. The van der Waals surface area contributed by atoms with Crippen LogP contribution in [0.25, 0.3) is 0 Å². The van der Waals surface area contributed by atoms with E-state index in [0.29, 0.717) is 21.9 Å². The Morgan fingerprint density at radius 3 is 2.63 bits per heavy atom. The van der Waals surface area contributed by atoms with Gasteiger partial charge in [-0.1, -0.05) is 29.3 Å². The molecule has 1 saturated heterocycles. The minimum absolute atomic E-state index is 0. The summed E-state index contributed by atoms with van der Waals surface area (Å²) in [4.78, 5) is 11.4. The van der Waals surface area contributed by atoms with Crippen LogP contribution in [-0.4, -0.2) is 35.5 Å². The number of nitrogens with one attached hydrogen (secondary N) is 1. The van der Waals surface area contributed by atoms with Gasteiger partial charge >= 0.3 is 0 Å². The monoisotopic (exact) mass is 565 g/mol. The van der Waals surface area contributed by atoms with E-state index in [0.717, 1.165) is 61.9 Å². The van der Waals surface area contributed by atoms with E-state index in [1.165, 1.54) is 0 Å². The van der Waals surface area contributed by atoms with E-state index in [1.807, 2.05) is 32.9 Å². The summed E-state index contributed by atoms with van der Waals surface area (Å²) in [6.07, 6.45) is 2.18. The Morgan fingerprint density at radius 2 is 2.03 bits per heavy atom. The van der Waals surface area contributed by atoms with Crippen LogP contribution in [0.3, 0.4) is 0 Å². The quantitative estimate of drug-likeness (QED) is 0.289. The number of hydrogen-bond donors (Lipinski definition) is 2. The molecule has 3 rings (SSSR count). The first-order valence-corrected chi connectivity index (χ1v) is 10.7. The van der Waals surface area contributed by atoms with Crippen LogP contribution >= 0.6 is 47.2 Å². The van der Waals surface area contributed by atoms with Gasteiger partial charge in [0.05, 0.1) is 18.3 Å². The second-order valence-electron chi connectivity index (χ2n) is 7.73. The number of hydrogen-bond acceptors (Lipinski definition) is 4. The van der Waals surface area contributed by atoms with Crippen molar-refractivity contribution in [3.63, 3.8) is 0 Å². The van der Waals surface area contributed by atoms with Crippen LogP contribution in [0.1, 0.15) is 48.7 Å². The Bertz CT molecular complexity index is 846. The van der Waals surface area contributed by atoms with Crippen molar-refractivity contribution in [2.75, 3.05) is 19.6 Å². The fourth-order valence-corrected chi connectivity index (χ4v) is 4.12. The molecule has 1 aromatic carbocycles. The highest BCUT2D eigenvalue weighted by Gasteiger charge is 2.21. The Hall–Kier alpha value is -1.03. The third-order valence-electron chi connectivity index (χ3n) is 5.45. The van der Waals surface area contributed by atoms with E-state index < -0.39 is 0 Å². The summed E-state index contributed by atoms with van der Waals surface area (Å²) in [6.45, 7) is 9.47. The molecule has 1 unspecified atom stereocenters. The standard InChI is InChI=1S/C21H29Cl2N5O.HI/c1-13-15(3)29-20(26-13)12-28-8-6-16(7-9-28)11-25-21(24)27-14(2)18-5-4-17(22)10-19(18)23;/h4-5,10,14,16H,6-9,11-12H2,1-3H3,(H3,24,25,27);1H. The van der Waals surface area contributed by atoms with Crippen molar-refractivity contribution in [1.82, 2.24) is 15.2 Å². The fraction of sp³-hybridized carbons (Fsp3) is 0.524. The molecule has 2 heterocycles. The summed E-state index contributed by atoms with van der Waals surface area (Å²) in [6, 6.07) is 5.42. The maximum atomic E-state index is 6.27. The lowest BCUT2D eigenvalue weighted by Crippen LogP contribution is -2.36. The van der Waals surface area contributed by atoms with Crippen molar-refractivity contribution < 1.29 is 4.42 Å². The smallest absolute Gasteiger partial charge is 0.208 e. The largest absolute Gasteiger partial charge is 0.444 e. The molecule has 0 spiro atoms. The zero-order valence-corrected chi connectivity index (χ0v) is 21.5. The van der Waals surface area contributed by atoms with Crippen LogP contribution in [0.4, 0.5) is 0 Å². The zero-order valence-electron chi connectivity index (χ0n) is 17.6. The van der Waals surface area contributed by atoms with E-state index in [-0.39, 0.29) is 30.0 Å². The summed E-state index contributed by atoms with van der Waals surface area (Å²) in [5, 5.41) is 4.45. The molecular weight excluding hydrogens is 536 g/mol. The highest BCUT2D eigenvalue weighted by atomic mass is 127. The second kappa shape index (κ2) is 11.5. The van der Waals surface area contributed by atoms with Gasteiger partial charge in [-0.25, -0.2) is 4.98 Å². The van der Waals surface area contributed by atoms with Crippen LogP contribution in [0.15, 0.2) is 27.6 Å². The maximum Gasteiger partial charge on any atom is 0.208 e. The molecule has 1 aromatic heterocycles. The molecule has 9 heteroatoms. The summed E-state index contributed by atoms with van der Waals surface area (Å²) >= 11 is 12.2. The minimum Gasteiger partial charge on any atom is -0.444 e. The number of nitrogens with two attached hydrogens (primary N) is 1. The Morgan fingerprint density at radius 1 is 1.33 bits per heavy atom. The predicted octanol–water partition coefficient (Wildman–Crippen LogP) is 5.09. The molecule has 2 aromatic rings. The lowest BCUT2D eigenvalue weighted by Gasteiger charge is -2.30. The molecule has 0 radical (unpaired) electrons. The van der Waals surface area contributed by atoms with Gasteiger partial charge in [0.25, 0.3) is 0 Å². The van der Waals surface area contributed by atoms with Gasteiger partial charge < -0.3 is 15.5 Å². The molecule has 0 aliphatic carbocycles. The van der Waals surface area contributed by atoms with Crippen LogP contribution in [0.5, 0.6) is 0 Å². The highest BCUT2D eigenvalue weighted by Crippen LogP contribution is 2.26. The molecule has 0 saturated carbocycles. The summed E-state index contributed by atoms with van der Waals surface area (Å²) < 4.78 is 5.69. The van der Waals surface area contributed by atoms with Crippen molar-refractivity contribution in [3.8, 4) is 0 Å². The fourth-order valence-electron chi connectivity index (χ4n) is 3.55. The molecule has 1 aliphatic rings. The van der Waals surface area contributed by atoms with Gasteiger partial charge in [0.2, 0.25) is 5.89 Å². The molecule has 3 N–H and O–H groups in total. The van der Waals surface area contributed by atoms with Crippen LogP contribution in [0, 0.1) is 19.8 Å². The van der Waals surface area contributed by atoms with Gasteiger partial charge in [0, 0.05) is 16.6 Å². The number of aliphatic imine (C=N–C) groups is 1. The average molecular weight is 566 g/mol. The molecule has 1 atom stereocenters. The number of benzene rings is 1. The maximum absolute atomic E-state index is 6.27. The first-order valence-electron chi connectivity index (χ1n) is 9.98. The first-order chi connectivity index (χ1) is 13.8. The molecule has 166 valence electrons. The molecule has 6 nitrogen and oxygen atoms in total. The van der Waals surface area contributed by atoms with E-state index >= 15 is 0 Å². The number of oxazole rings is 1. The Balaban J connectivity index is 0.00000320.